The molecule has 1 atom stereocenters. The zero-order valence-corrected chi connectivity index (χ0v) is 10.7. The van der Waals surface area contributed by atoms with Crippen LogP contribution in [0.5, 0.6) is 0 Å². The Hall–Kier alpha value is -1.16. The molecule has 0 amide bonds. The van der Waals surface area contributed by atoms with Gasteiger partial charge in [-0.1, -0.05) is 0 Å². The summed E-state index contributed by atoms with van der Waals surface area (Å²) >= 11 is 0. The van der Waals surface area contributed by atoms with Crippen molar-refractivity contribution in [3.05, 3.63) is 0 Å². The molecule has 0 aliphatic carbocycles. The number of hydrogen-bond acceptors (Lipinski definition) is 1. The normalized spacial score (nSPS) is 17.6. The maximum atomic E-state index is 12.9. The highest BCUT2D eigenvalue weighted by Crippen LogP contribution is 2.61. The minimum Gasteiger partial charge on any atom is -0.269 e. The van der Waals surface area contributed by atoms with Crippen LogP contribution in [0.4, 0.5) is 70.2 Å². The van der Waals surface area contributed by atoms with Crippen molar-refractivity contribution in [3.8, 4) is 0 Å². The third-order valence-electron chi connectivity index (χ3n) is 2.61. The fraction of sp³-hybridized carbons (Fsp3) is 1.00. The lowest BCUT2D eigenvalue weighted by molar-refractivity contribution is -0.445. The Bertz CT molecular complexity index is 483. The van der Waals surface area contributed by atoms with Crippen LogP contribution in [0.25, 0.3) is 0 Å². The maximum Gasteiger partial charge on any atom is 0.460 e. The number of nitrogens with two attached hydrogens (primary N) is 1. The van der Waals surface area contributed by atoms with Crippen molar-refractivity contribution in [2.24, 2.45) is 5.73 Å². The smallest absolute Gasteiger partial charge is 0.269 e. The van der Waals surface area contributed by atoms with E-state index in [2.05, 4.69) is 5.73 Å². The first-order chi connectivity index (χ1) is 10.4. The Kier molecular flexibility index (Phi) is 5.41. The van der Waals surface area contributed by atoms with Crippen molar-refractivity contribution in [1.82, 2.24) is 0 Å². The zero-order chi connectivity index (χ0) is 21.1. The third-order valence-corrected chi connectivity index (χ3v) is 2.61. The van der Waals surface area contributed by atoms with Crippen LogP contribution in [0.1, 0.15) is 0 Å². The molecule has 0 aromatic rings. The molecule has 25 heavy (non-hydrogen) atoms. The van der Waals surface area contributed by atoms with Crippen LogP contribution in [-0.4, -0.2) is 48.0 Å². The summed E-state index contributed by atoms with van der Waals surface area (Å²) in [7, 11) is 0. The van der Waals surface area contributed by atoms with E-state index in [9.17, 15) is 70.2 Å². The lowest BCUT2D eigenvalue weighted by Crippen LogP contribution is -2.72. The molecule has 17 heteroatoms. The van der Waals surface area contributed by atoms with Crippen molar-refractivity contribution >= 4 is 0 Å². The molecule has 0 rings (SSSR count). The number of halogens is 16. The zero-order valence-electron chi connectivity index (χ0n) is 10.7. The highest BCUT2D eigenvalue weighted by molar-refractivity contribution is 5.12. The van der Waals surface area contributed by atoms with E-state index in [0.717, 1.165) is 0 Å². The largest absolute Gasteiger partial charge is 0.460 e. The summed E-state index contributed by atoms with van der Waals surface area (Å²) in [5.41, 5.74) is 3.29. The molecule has 0 aliphatic rings. The number of hydrogen-bond donors (Lipinski definition) is 1. The average Bonchev–Trinajstić information content (AvgIpc) is 2.34. The molecule has 1 unspecified atom stereocenters. The van der Waals surface area contributed by atoms with Gasteiger partial charge in [0.2, 0.25) is 6.17 Å². The van der Waals surface area contributed by atoms with Gasteiger partial charge >= 0.3 is 41.8 Å². The topological polar surface area (TPSA) is 26.0 Å². The first-order valence-electron chi connectivity index (χ1n) is 5.17. The molecule has 1 nitrogen and oxygen atoms in total. The summed E-state index contributed by atoms with van der Waals surface area (Å²) in [6.07, 6.45) is -13.5. The van der Waals surface area contributed by atoms with Crippen LogP contribution in [0.2, 0.25) is 0 Å². The minimum absolute atomic E-state index is 3.29. The van der Waals surface area contributed by atoms with Gasteiger partial charge in [0, 0.05) is 0 Å². The van der Waals surface area contributed by atoms with E-state index in [0.29, 0.717) is 0 Å². The molecule has 2 N–H and O–H groups in total. The van der Waals surface area contributed by atoms with E-state index < -0.39 is 48.0 Å². The molecular formula is C8H3F16N. The number of alkyl halides is 16. The van der Waals surface area contributed by atoms with Gasteiger partial charge in [0.15, 0.2) is 0 Å². The second-order valence-electron chi connectivity index (χ2n) is 4.46. The molecule has 0 bridgehead atoms. The average molecular weight is 417 g/mol. The molecule has 0 radical (unpaired) electrons. The predicted molar refractivity (Wildman–Crippen MR) is 44.8 cm³/mol. The molecular weight excluding hydrogens is 414 g/mol. The van der Waals surface area contributed by atoms with Crippen LogP contribution < -0.4 is 5.73 Å². The monoisotopic (exact) mass is 417 g/mol. The standard InChI is InChI=1S/C8H3F16N/c9-1(3(12,13)25)2(10,11)4(14,15)5(16,17)6(18,19)7(20,21)8(22,23)24/h1H,25H2. The Labute approximate surface area is 125 Å². The van der Waals surface area contributed by atoms with Gasteiger partial charge < -0.3 is 0 Å². The molecule has 0 saturated carbocycles. The van der Waals surface area contributed by atoms with Gasteiger partial charge in [-0.2, -0.15) is 65.9 Å². The van der Waals surface area contributed by atoms with Gasteiger partial charge in [-0.15, -0.1) is 0 Å². The van der Waals surface area contributed by atoms with Crippen molar-refractivity contribution in [2.75, 3.05) is 0 Å². The van der Waals surface area contributed by atoms with Crippen molar-refractivity contribution in [1.29, 1.82) is 0 Å². The summed E-state index contributed by atoms with van der Waals surface area (Å²) in [6.45, 7) is 0. The molecule has 0 aliphatic heterocycles. The van der Waals surface area contributed by atoms with E-state index in [4.69, 9.17) is 0 Å². The molecule has 0 fully saturated rings. The maximum absolute atomic E-state index is 12.9. The van der Waals surface area contributed by atoms with E-state index in [1.165, 1.54) is 0 Å². The first kappa shape index (κ1) is 23.8. The van der Waals surface area contributed by atoms with E-state index >= 15 is 0 Å². The summed E-state index contributed by atoms with van der Waals surface area (Å²) in [5, 5.41) is 0. The van der Waals surface area contributed by atoms with Gasteiger partial charge in [0.05, 0.1) is 0 Å². The second kappa shape index (κ2) is 5.67. The minimum atomic E-state index is -8.35. The molecule has 0 spiro atoms. The molecule has 0 aromatic heterocycles. The molecule has 0 heterocycles. The van der Waals surface area contributed by atoms with Crippen LogP contribution in [0, 0.1) is 0 Å². The van der Waals surface area contributed by atoms with Crippen molar-refractivity contribution in [2.45, 2.75) is 48.0 Å². The van der Waals surface area contributed by atoms with Crippen LogP contribution in [-0.2, 0) is 0 Å². The molecule has 0 aromatic carbocycles. The second-order valence-corrected chi connectivity index (χ2v) is 4.46. The van der Waals surface area contributed by atoms with Gasteiger partial charge in [0.25, 0.3) is 0 Å². The summed E-state index contributed by atoms with van der Waals surface area (Å²) in [6, 6.07) is -6.08. The Morgan fingerprint density at radius 1 is 0.480 bits per heavy atom. The highest BCUT2D eigenvalue weighted by atomic mass is 19.4. The lowest BCUT2D eigenvalue weighted by atomic mass is 9.91. The first-order valence-corrected chi connectivity index (χ1v) is 5.17. The van der Waals surface area contributed by atoms with Crippen LogP contribution in [0.15, 0.2) is 0 Å². The SMILES string of the molecule is NC(F)(F)C(F)C(F)(F)C(F)(F)C(F)(F)C(F)(F)C(F)(F)C(F)(F)F. The predicted octanol–water partition coefficient (Wildman–Crippen LogP) is 4.61. The van der Waals surface area contributed by atoms with E-state index in [1.807, 2.05) is 0 Å². The summed E-state index contributed by atoms with van der Waals surface area (Å²) in [5.74, 6) is -40.4. The fourth-order valence-corrected chi connectivity index (χ4v) is 1.18. The Morgan fingerprint density at radius 3 is 1.00 bits per heavy atom. The van der Waals surface area contributed by atoms with Crippen LogP contribution >= 0.6 is 0 Å². The van der Waals surface area contributed by atoms with E-state index in [1.54, 1.807) is 0 Å². The van der Waals surface area contributed by atoms with E-state index in [-0.39, 0.29) is 0 Å². The van der Waals surface area contributed by atoms with Crippen LogP contribution in [0.3, 0.4) is 0 Å². The fourth-order valence-electron chi connectivity index (χ4n) is 1.18. The quantitative estimate of drug-likeness (QED) is 0.496. The van der Waals surface area contributed by atoms with Crippen molar-refractivity contribution in [3.63, 3.8) is 0 Å². The summed E-state index contributed by atoms with van der Waals surface area (Å²) in [4.78, 5) is 0. The number of rotatable bonds is 6. The van der Waals surface area contributed by atoms with Gasteiger partial charge in [-0.25, -0.2) is 4.39 Å². The Morgan fingerprint density at radius 2 is 0.760 bits per heavy atom. The lowest BCUT2D eigenvalue weighted by Gasteiger charge is -2.40. The van der Waals surface area contributed by atoms with Gasteiger partial charge in [0.1, 0.15) is 0 Å². The Balaban J connectivity index is 6.40. The highest BCUT2D eigenvalue weighted by Gasteiger charge is 2.92. The van der Waals surface area contributed by atoms with Gasteiger partial charge in [-0.3, -0.25) is 5.73 Å². The third kappa shape index (κ3) is 3.18. The molecule has 152 valence electrons. The van der Waals surface area contributed by atoms with Gasteiger partial charge in [-0.05, 0) is 0 Å². The van der Waals surface area contributed by atoms with Crippen molar-refractivity contribution < 1.29 is 70.2 Å². The molecule has 0 saturated heterocycles. The summed E-state index contributed by atoms with van der Waals surface area (Å²) < 4.78 is 199.